The number of aryl methyl sites for hydroxylation is 2. The number of hydrogen-bond donors (Lipinski definition) is 1. The number of carbonyl (C=O) groups is 1. The molecule has 1 N–H and O–H groups in total. The Bertz CT molecular complexity index is 1140. The van der Waals surface area contributed by atoms with Crippen LogP contribution < -0.4 is 5.32 Å². The van der Waals surface area contributed by atoms with Crippen LogP contribution in [0.1, 0.15) is 11.1 Å². The van der Waals surface area contributed by atoms with E-state index < -0.39 is 0 Å². The maximum absolute atomic E-state index is 12.6. The quantitative estimate of drug-likeness (QED) is 0.477. The lowest BCUT2D eigenvalue weighted by Crippen LogP contribution is -2.16. The summed E-state index contributed by atoms with van der Waals surface area (Å²) in [6, 6.07) is 15.7. The minimum atomic E-state index is -0.0962. The van der Waals surface area contributed by atoms with Gasteiger partial charge in [-0.1, -0.05) is 48.2 Å². The third kappa shape index (κ3) is 4.23. The molecular weight excluding hydrogens is 396 g/mol. The van der Waals surface area contributed by atoms with Crippen LogP contribution >= 0.6 is 11.8 Å². The maximum Gasteiger partial charge on any atom is 0.234 e. The molecule has 8 heteroatoms. The zero-order valence-electron chi connectivity index (χ0n) is 16.6. The number of nitrogens with one attached hydrogen (secondary N) is 1. The average Bonchev–Trinajstić information content (AvgIpc) is 3.20. The number of carbonyl (C=O) groups excluding carboxylic acids is 1. The number of aromatic nitrogens is 5. The van der Waals surface area contributed by atoms with Gasteiger partial charge in [-0.25, -0.2) is 4.98 Å². The van der Waals surface area contributed by atoms with Crippen LogP contribution in [0.25, 0.3) is 17.2 Å². The fraction of sp³-hybridized carbons (Fsp3) is 0.136. The van der Waals surface area contributed by atoms with Gasteiger partial charge >= 0.3 is 0 Å². The Balaban J connectivity index is 1.59. The van der Waals surface area contributed by atoms with Crippen molar-refractivity contribution in [1.29, 1.82) is 0 Å². The van der Waals surface area contributed by atoms with Gasteiger partial charge in [-0.05, 0) is 37.1 Å². The van der Waals surface area contributed by atoms with Crippen LogP contribution in [0.5, 0.6) is 0 Å². The van der Waals surface area contributed by atoms with Crippen LogP contribution in [0.3, 0.4) is 0 Å². The Kier molecular flexibility index (Phi) is 5.85. The van der Waals surface area contributed by atoms with Crippen LogP contribution in [0.4, 0.5) is 5.69 Å². The van der Waals surface area contributed by atoms with Gasteiger partial charge in [-0.2, -0.15) is 0 Å². The summed E-state index contributed by atoms with van der Waals surface area (Å²) in [4.78, 5) is 21.1. The number of para-hydroxylation sites is 2. The minimum Gasteiger partial charge on any atom is -0.325 e. The summed E-state index contributed by atoms with van der Waals surface area (Å²) in [6.07, 6.45) is 4.87. The first-order valence-electron chi connectivity index (χ1n) is 9.39. The molecule has 2 heterocycles. The van der Waals surface area contributed by atoms with E-state index in [1.165, 1.54) is 11.8 Å². The Morgan fingerprint density at radius 2 is 1.77 bits per heavy atom. The molecule has 0 bridgehead atoms. The van der Waals surface area contributed by atoms with Gasteiger partial charge in [-0.3, -0.25) is 14.3 Å². The van der Waals surface area contributed by atoms with E-state index >= 15 is 0 Å². The number of benzene rings is 2. The van der Waals surface area contributed by atoms with Crippen molar-refractivity contribution in [3.63, 3.8) is 0 Å². The molecule has 0 unspecified atom stereocenters. The van der Waals surface area contributed by atoms with Crippen LogP contribution in [0.15, 0.2) is 72.3 Å². The van der Waals surface area contributed by atoms with E-state index in [9.17, 15) is 4.79 Å². The summed E-state index contributed by atoms with van der Waals surface area (Å²) in [5.74, 6) is 0.687. The normalized spacial score (nSPS) is 10.7. The van der Waals surface area contributed by atoms with Gasteiger partial charge in [0.2, 0.25) is 5.91 Å². The summed E-state index contributed by atoms with van der Waals surface area (Å²) in [5.41, 5.74) is 4.42. The Labute approximate surface area is 178 Å². The van der Waals surface area contributed by atoms with Gasteiger partial charge in [0, 0.05) is 23.8 Å². The van der Waals surface area contributed by atoms with Gasteiger partial charge < -0.3 is 5.32 Å². The van der Waals surface area contributed by atoms with Crippen molar-refractivity contribution in [2.45, 2.75) is 19.0 Å². The highest BCUT2D eigenvalue weighted by molar-refractivity contribution is 7.99. The predicted octanol–water partition coefficient (Wildman–Crippen LogP) is 4.07. The first-order valence-corrected chi connectivity index (χ1v) is 10.4. The lowest BCUT2D eigenvalue weighted by molar-refractivity contribution is -0.113. The molecule has 0 radical (unpaired) electrons. The van der Waals surface area contributed by atoms with E-state index in [0.29, 0.717) is 16.7 Å². The van der Waals surface area contributed by atoms with Crippen LogP contribution in [0, 0.1) is 13.8 Å². The van der Waals surface area contributed by atoms with Crippen molar-refractivity contribution >= 4 is 23.4 Å². The summed E-state index contributed by atoms with van der Waals surface area (Å²) in [5, 5.41) is 12.2. The number of anilines is 1. The van der Waals surface area contributed by atoms with Crippen molar-refractivity contribution in [1.82, 2.24) is 24.7 Å². The van der Waals surface area contributed by atoms with Gasteiger partial charge in [0.15, 0.2) is 11.0 Å². The summed E-state index contributed by atoms with van der Waals surface area (Å²) >= 11 is 1.33. The molecule has 150 valence electrons. The molecule has 4 rings (SSSR count). The van der Waals surface area contributed by atoms with E-state index in [0.717, 1.165) is 22.5 Å². The standard InChI is InChI=1S/C22H20N6OS/c1-15-7-6-8-16(2)20(15)25-19(29)14-30-22-27-26-21(18-13-23-11-12-24-18)28(22)17-9-4-3-5-10-17/h3-13H,14H2,1-2H3,(H,25,29). The first kappa shape index (κ1) is 19.8. The second-order valence-corrected chi connectivity index (χ2v) is 7.61. The highest BCUT2D eigenvalue weighted by Crippen LogP contribution is 2.27. The molecule has 0 saturated carbocycles. The lowest BCUT2D eigenvalue weighted by Gasteiger charge is -2.12. The Morgan fingerprint density at radius 1 is 1.00 bits per heavy atom. The number of nitrogens with zero attached hydrogens (tertiary/aromatic N) is 5. The van der Waals surface area contributed by atoms with Gasteiger partial charge in [0.05, 0.1) is 11.9 Å². The smallest absolute Gasteiger partial charge is 0.234 e. The summed E-state index contributed by atoms with van der Waals surface area (Å²) in [7, 11) is 0. The average molecular weight is 417 g/mol. The molecule has 0 atom stereocenters. The molecule has 2 aromatic heterocycles. The highest BCUT2D eigenvalue weighted by Gasteiger charge is 2.18. The van der Waals surface area contributed by atoms with Crippen LogP contribution in [-0.4, -0.2) is 36.4 Å². The Hall–Kier alpha value is -3.52. The molecular formula is C22H20N6OS. The van der Waals surface area contributed by atoms with Gasteiger partial charge in [0.1, 0.15) is 5.69 Å². The minimum absolute atomic E-state index is 0.0962. The monoisotopic (exact) mass is 416 g/mol. The first-order chi connectivity index (χ1) is 14.6. The van der Waals surface area contributed by atoms with Crippen molar-refractivity contribution in [3.05, 3.63) is 78.2 Å². The zero-order valence-corrected chi connectivity index (χ0v) is 17.4. The van der Waals surface area contributed by atoms with Crippen molar-refractivity contribution in [2.75, 3.05) is 11.1 Å². The van der Waals surface area contributed by atoms with E-state index in [1.54, 1.807) is 18.6 Å². The molecule has 0 fully saturated rings. The van der Waals surface area contributed by atoms with Crippen LogP contribution in [-0.2, 0) is 4.79 Å². The molecule has 30 heavy (non-hydrogen) atoms. The summed E-state index contributed by atoms with van der Waals surface area (Å²) in [6.45, 7) is 3.96. The molecule has 7 nitrogen and oxygen atoms in total. The lowest BCUT2D eigenvalue weighted by atomic mass is 10.1. The second kappa shape index (κ2) is 8.87. The molecule has 0 aliphatic carbocycles. The largest absolute Gasteiger partial charge is 0.325 e. The van der Waals surface area contributed by atoms with Gasteiger partial charge in [-0.15, -0.1) is 10.2 Å². The van der Waals surface area contributed by atoms with Crippen LogP contribution in [0.2, 0.25) is 0 Å². The third-order valence-electron chi connectivity index (χ3n) is 4.52. The third-order valence-corrected chi connectivity index (χ3v) is 5.45. The zero-order chi connectivity index (χ0) is 20.9. The Morgan fingerprint density at radius 3 is 2.47 bits per heavy atom. The maximum atomic E-state index is 12.6. The summed E-state index contributed by atoms with van der Waals surface area (Å²) < 4.78 is 1.89. The second-order valence-electron chi connectivity index (χ2n) is 6.67. The van der Waals surface area contributed by atoms with E-state index in [-0.39, 0.29) is 11.7 Å². The SMILES string of the molecule is Cc1cccc(C)c1NC(=O)CSc1nnc(-c2cnccn2)n1-c1ccccc1. The molecule has 0 spiro atoms. The fourth-order valence-electron chi connectivity index (χ4n) is 3.07. The van der Waals surface area contributed by atoms with Crippen molar-refractivity contribution in [3.8, 4) is 17.2 Å². The molecule has 0 aliphatic heterocycles. The number of thioether (sulfide) groups is 1. The highest BCUT2D eigenvalue weighted by atomic mass is 32.2. The van der Waals surface area contributed by atoms with Crippen molar-refractivity contribution in [2.24, 2.45) is 0 Å². The van der Waals surface area contributed by atoms with E-state index in [1.807, 2.05) is 66.9 Å². The molecule has 2 aromatic carbocycles. The topological polar surface area (TPSA) is 85.6 Å². The molecule has 4 aromatic rings. The molecule has 0 saturated heterocycles. The fourth-order valence-corrected chi connectivity index (χ4v) is 3.82. The van der Waals surface area contributed by atoms with Crippen molar-refractivity contribution < 1.29 is 4.79 Å². The molecule has 0 aliphatic rings. The van der Waals surface area contributed by atoms with E-state index in [4.69, 9.17) is 0 Å². The van der Waals surface area contributed by atoms with Gasteiger partial charge in [0.25, 0.3) is 0 Å². The molecule has 1 amide bonds. The predicted molar refractivity (Wildman–Crippen MR) is 118 cm³/mol. The van der Waals surface area contributed by atoms with E-state index in [2.05, 4.69) is 25.5 Å². The number of hydrogen-bond acceptors (Lipinski definition) is 6. The number of amides is 1. The number of rotatable bonds is 6.